The second-order valence-corrected chi connectivity index (χ2v) is 7.13. The Morgan fingerprint density at radius 2 is 1.81 bits per heavy atom. The first kappa shape index (κ1) is 18.9. The molecule has 0 unspecified atom stereocenters. The predicted molar refractivity (Wildman–Crippen MR) is 101 cm³/mol. The number of nitrogens with zero attached hydrogens (tertiary/aromatic N) is 5. The average molecular weight is 375 g/mol. The monoisotopic (exact) mass is 375 g/mol. The van der Waals surface area contributed by atoms with Crippen LogP contribution in [0.2, 0.25) is 0 Å². The Bertz CT molecular complexity index is 1160. The lowest BCUT2D eigenvalue weighted by atomic mass is 10.2. The maximum Gasteiger partial charge on any atom is 0.333 e. The number of aryl methyl sites for hydroxylation is 2. The molecule has 0 aliphatic carbocycles. The smallest absolute Gasteiger partial charge is 0.333 e. The van der Waals surface area contributed by atoms with Gasteiger partial charge in [0.25, 0.3) is 5.56 Å². The summed E-state index contributed by atoms with van der Waals surface area (Å²) < 4.78 is 10.9. The third-order valence-electron chi connectivity index (χ3n) is 4.77. The van der Waals surface area contributed by atoms with Crippen LogP contribution in [-0.4, -0.2) is 35.7 Å². The molecule has 9 heteroatoms. The highest BCUT2D eigenvalue weighted by Crippen LogP contribution is 2.21. The summed E-state index contributed by atoms with van der Waals surface area (Å²) in [5.74, 6) is 0.389. The maximum atomic E-state index is 13.1. The molecule has 0 aliphatic heterocycles. The van der Waals surface area contributed by atoms with Crippen LogP contribution < -0.4 is 11.2 Å². The summed E-state index contributed by atoms with van der Waals surface area (Å²) >= 11 is 0. The fourth-order valence-electron chi connectivity index (χ4n) is 3.37. The molecule has 27 heavy (non-hydrogen) atoms. The zero-order valence-corrected chi connectivity index (χ0v) is 16.6. The third kappa shape index (κ3) is 2.87. The summed E-state index contributed by atoms with van der Waals surface area (Å²) in [7, 11) is 1.55. The van der Waals surface area contributed by atoms with Crippen molar-refractivity contribution in [3.63, 3.8) is 0 Å². The van der Waals surface area contributed by atoms with Crippen LogP contribution in [0.4, 0.5) is 0 Å². The average Bonchev–Trinajstić information content (AvgIpc) is 3.09. The topological polar surface area (TPSA) is 92.5 Å². The van der Waals surface area contributed by atoms with E-state index >= 15 is 0 Å². The summed E-state index contributed by atoms with van der Waals surface area (Å²) in [5.41, 5.74) is 1.36. The number of rotatable bonds is 5. The number of carbonyl (C=O) groups excluding carboxylic acids is 1. The van der Waals surface area contributed by atoms with Gasteiger partial charge < -0.3 is 9.30 Å². The van der Waals surface area contributed by atoms with Crippen molar-refractivity contribution in [2.24, 2.45) is 13.0 Å². The Labute approximate surface area is 155 Å². The molecule has 0 N–H and O–H groups in total. The number of fused-ring (bicyclic) bond motifs is 3. The van der Waals surface area contributed by atoms with E-state index in [0.717, 1.165) is 22.5 Å². The van der Waals surface area contributed by atoms with E-state index in [1.165, 1.54) is 4.57 Å². The number of hydrogen-bond donors (Lipinski definition) is 0. The molecular weight excluding hydrogens is 350 g/mol. The molecule has 0 saturated carbocycles. The minimum atomic E-state index is -0.623. The quantitative estimate of drug-likeness (QED) is 0.620. The molecule has 3 rings (SSSR count). The highest BCUT2D eigenvalue weighted by Gasteiger charge is 2.23. The Morgan fingerprint density at radius 3 is 2.41 bits per heavy atom. The van der Waals surface area contributed by atoms with Crippen LogP contribution in [-0.2, 0) is 29.7 Å². The fourth-order valence-corrected chi connectivity index (χ4v) is 3.37. The molecule has 0 aliphatic rings. The zero-order chi connectivity index (χ0) is 20.0. The van der Waals surface area contributed by atoms with Gasteiger partial charge in [-0.15, -0.1) is 0 Å². The fraction of sp³-hybridized carbons (Fsp3) is 0.556. The first-order chi connectivity index (χ1) is 12.7. The van der Waals surface area contributed by atoms with Crippen molar-refractivity contribution >= 4 is 22.9 Å². The molecular formula is C18H25N5O4. The minimum absolute atomic E-state index is 0.184. The van der Waals surface area contributed by atoms with Gasteiger partial charge >= 0.3 is 11.7 Å². The van der Waals surface area contributed by atoms with Gasteiger partial charge in [0.15, 0.2) is 11.2 Å². The number of hydrogen-bond acceptors (Lipinski definition) is 5. The van der Waals surface area contributed by atoms with E-state index in [4.69, 9.17) is 4.74 Å². The molecule has 0 aromatic carbocycles. The Hall–Kier alpha value is -2.84. The van der Waals surface area contributed by atoms with Gasteiger partial charge in [-0.1, -0.05) is 13.8 Å². The lowest BCUT2D eigenvalue weighted by Gasteiger charge is -2.09. The molecule has 0 fully saturated rings. The molecule has 0 spiro atoms. The summed E-state index contributed by atoms with van der Waals surface area (Å²) in [6.07, 6.45) is 0. The number of ether oxygens (including phenoxy) is 1. The molecule has 0 bridgehead atoms. The molecule has 3 aromatic heterocycles. The molecule has 3 heterocycles. The molecule has 146 valence electrons. The standard InChI is InChI=1S/C18H25N5O4/c1-7-27-13(24)9-22-16(25)14-15(20(6)18(22)26)19-17-21(8-10(2)3)11(4)12(5)23(14)17/h10H,7-9H2,1-6H3. The second-order valence-electron chi connectivity index (χ2n) is 7.13. The third-order valence-corrected chi connectivity index (χ3v) is 4.77. The first-order valence-corrected chi connectivity index (χ1v) is 9.02. The van der Waals surface area contributed by atoms with Gasteiger partial charge in [-0.05, 0) is 26.7 Å². The van der Waals surface area contributed by atoms with Crippen LogP contribution in [0, 0.1) is 19.8 Å². The van der Waals surface area contributed by atoms with Crippen LogP contribution >= 0.6 is 0 Å². The van der Waals surface area contributed by atoms with Gasteiger partial charge in [-0.25, -0.2) is 9.36 Å². The highest BCUT2D eigenvalue weighted by molar-refractivity contribution is 5.77. The number of esters is 1. The van der Waals surface area contributed by atoms with Crippen molar-refractivity contribution in [3.05, 3.63) is 32.2 Å². The summed E-state index contributed by atoms with van der Waals surface area (Å²) in [5, 5.41) is 0. The van der Waals surface area contributed by atoms with Crippen molar-refractivity contribution in [1.82, 2.24) is 23.1 Å². The van der Waals surface area contributed by atoms with Crippen molar-refractivity contribution < 1.29 is 9.53 Å². The van der Waals surface area contributed by atoms with Crippen molar-refractivity contribution in [2.75, 3.05) is 6.61 Å². The lowest BCUT2D eigenvalue weighted by Crippen LogP contribution is -2.41. The van der Waals surface area contributed by atoms with Gasteiger partial charge in [0, 0.05) is 25.0 Å². The van der Waals surface area contributed by atoms with Gasteiger partial charge in [-0.3, -0.25) is 18.6 Å². The summed E-state index contributed by atoms with van der Waals surface area (Å²) in [6, 6.07) is 0. The van der Waals surface area contributed by atoms with Crippen LogP contribution in [0.5, 0.6) is 0 Å². The van der Waals surface area contributed by atoms with Gasteiger partial charge in [-0.2, -0.15) is 4.98 Å². The van der Waals surface area contributed by atoms with E-state index in [1.54, 1.807) is 18.4 Å². The van der Waals surface area contributed by atoms with Gasteiger partial charge in [0.2, 0.25) is 5.78 Å². The minimum Gasteiger partial charge on any atom is -0.465 e. The second kappa shape index (κ2) is 6.71. The normalized spacial score (nSPS) is 11.8. The molecule has 0 saturated heterocycles. The van der Waals surface area contributed by atoms with Gasteiger partial charge in [0.1, 0.15) is 6.54 Å². The maximum absolute atomic E-state index is 13.1. The van der Waals surface area contributed by atoms with E-state index < -0.39 is 23.8 Å². The van der Waals surface area contributed by atoms with Crippen molar-refractivity contribution in [3.8, 4) is 0 Å². The zero-order valence-electron chi connectivity index (χ0n) is 16.6. The molecule has 3 aromatic rings. The molecule has 9 nitrogen and oxygen atoms in total. The van der Waals surface area contributed by atoms with Crippen molar-refractivity contribution in [1.29, 1.82) is 0 Å². The van der Waals surface area contributed by atoms with Crippen LogP contribution in [0.25, 0.3) is 16.9 Å². The summed E-state index contributed by atoms with van der Waals surface area (Å²) in [6.45, 7) is 10.3. The number of aromatic nitrogens is 5. The SMILES string of the molecule is CCOC(=O)Cn1c(=O)c2c(nc3n(CC(C)C)c(C)c(C)n23)n(C)c1=O. The molecule has 0 atom stereocenters. The van der Waals surface area contributed by atoms with Crippen LogP contribution in [0.1, 0.15) is 32.2 Å². The highest BCUT2D eigenvalue weighted by atomic mass is 16.5. The number of imidazole rings is 2. The number of carbonyl (C=O) groups is 1. The van der Waals surface area contributed by atoms with E-state index in [9.17, 15) is 14.4 Å². The summed E-state index contributed by atoms with van der Waals surface area (Å²) in [4.78, 5) is 42.1. The lowest BCUT2D eigenvalue weighted by molar-refractivity contribution is -0.143. The van der Waals surface area contributed by atoms with E-state index in [1.807, 2.05) is 13.8 Å². The molecule has 0 radical (unpaired) electrons. The van der Waals surface area contributed by atoms with Gasteiger partial charge in [0.05, 0.1) is 6.61 Å². The Morgan fingerprint density at radius 1 is 1.15 bits per heavy atom. The van der Waals surface area contributed by atoms with Crippen molar-refractivity contribution in [2.45, 2.75) is 47.7 Å². The first-order valence-electron chi connectivity index (χ1n) is 9.02. The largest absolute Gasteiger partial charge is 0.465 e. The Kier molecular flexibility index (Phi) is 4.71. The molecule has 0 amide bonds. The predicted octanol–water partition coefficient (Wildman–Crippen LogP) is 0.985. The van der Waals surface area contributed by atoms with Crippen LogP contribution in [0.3, 0.4) is 0 Å². The van der Waals surface area contributed by atoms with E-state index in [0.29, 0.717) is 22.9 Å². The van der Waals surface area contributed by atoms with E-state index in [-0.39, 0.29) is 6.61 Å². The van der Waals surface area contributed by atoms with Crippen LogP contribution in [0.15, 0.2) is 9.59 Å². The Balaban J connectivity index is 2.38. The van der Waals surface area contributed by atoms with E-state index in [2.05, 4.69) is 23.4 Å².